The highest BCUT2D eigenvalue weighted by atomic mass is 32.2. The summed E-state index contributed by atoms with van der Waals surface area (Å²) < 4.78 is 38.1. The van der Waals surface area contributed by atoms with Gasteiger partial charge in [0.1, 0.15) is 19.3 Å². The fourth-order valence-corrected chi connectivity index (χ4v) is 4.96. The zero-order chi connectivity index (χ0) is 21.2. The zero-order valence-corrected chi connectivity index (χ0v) is 17.3. The second kappa shape index (κ2) is 8.58. The first-order valence-electron chi connectivity index (χ1n) is 9.63. The van der Waals surface area contributed by atoms with Crippen molar-refractivity contribution in [3.8, 4) is 11.5 Å². The number of carboxylic acid groups (broad SMARTS) is 1. The minimum absolute atomic E-state index is 0.121. The molecule has 2 aliphatic rings. The van der Waals surface area contributed by atoms with Crippen LogP contribution in [0.1, 0.15) is 26.7 Å². The first-order chi connectivity index (χ1) is 13.7. The average molecular weight is 426 g/mol. The largest absolute Gasteiger partial charge is 0.486 e. The van der Waals surface area contributed by atoms with Crippen LogP contribution < -0.4 is 14.8 Å². The van der Waals surface area contributed by atoms with E-state index in [2.05, 4.69) is 5.32 Å². The third-order valence-corrected chi connectivity index (χ3v) is 7.10. The molecule has 2 N–H and O–H groups in total. The molecule has 1 fully saturated rings. The summed E-state index contributed by atoms with van der Waals surface area (Å²) in [5.41, 5.74) is 0. The summed E-state index contributed by atoms with van der Waals surface area (Å²) in [5, 5.41) is 11.8. The minimum atomic E-state index is -3.72. The first kappa shape index (κ1) is 21.4. The molecular weight excluding hydrogens is 400 g/mol. The molecule has 3 rings (SSSR count). The molecule has 0 aromatic heterocycles. The van der Waals surface area contributed by atoms with Crippen LogP contribution in [0.2, 0.25) is 0 Å². The maximum atomic E-state index is 13.0. The van der Waals surface area contributed by atoms with Crippen molar-refractivity contribution in [3.05, 3.63) is 18.2 Å². The Morgan fingerprint density at radius 2 is 1.76 bits per heavy atom. The highest BCUT2D eigenvalue weighted by Crippen LogP contribution is 2.34. The number of hydrogen-bond donors (Lipinski definition) is 2. The van der Waals surface area contributed by atoms with Crippen molar-refractivity contribution in [2.24, 2.45) is 11.8 Å². The van der Waals surface area contributed by atoms with Crippen LogP contribution in [0.3, 0.4) is 0 Å². The number of hydrogen-bond acceptors (Lipinski definition) is 6. The molecular formula is C19H26N2O7S. The van der Waals surface area contributed by atoms with E-state index in [1.54, 1.807) is 19.9 Å². The lowest BCUT2D eigenvalue weighted by molar-refractivity contribution is -0.144. The van der Waals surface area contributed by atoms with Crippen molar-refractivity contribution in [3.63, 3.8) is 0 Å². The molecule has 9 nitrogen and oxygen atoms in total. The van der Waals surface area contributed by atoms with Gasteiger partial charge in [0.15, 0.2) is 11.5 Å². The Balaban J connectivity index is 1.64. The molecule has 2 heterocycles. The predicted molar refractivity (Wildman–Crippen MR) is 103 cm³/mol. The Kier molecular flexibility index (Phi) is 6.33. The molecule has 0 unspecified atom stereocenters. The smallest absolute Gasteiger partial charge is 0.326 e. The molecule has 1 amide bonds. The Labute approximate surface area is 170 Å². The highest BCUT2D eigenvalue weighted by molar-refractivity contribution is 7.89. The number of ether oxygens (including phenoxy) is 2. The van der Waals surface area contributed by atoms with E-state index < -0.39 is 28.0 Å². The number of piperidine rings is 1. The number of carbonyl (C=O) groups excluding carboxylic acids is 1. The lowest BCUT2D eigenvalue weighted by Gasteiger charge is -2.31. The molecule has 0 saturated carbocycles. The van der Waals surface area contributed by atoms with E-state index >= 15 is 0 Å². The van der Waals surface area contributed by atoms with Crippen molar-refractivity contribution in [2.75, 3.05) is 26.3 Å². The van der Waals surface area contributed by atoms with Gasteiger partial charge in [-0.15, -0.1) is 0 Å². The maximum absolute atomic E-state index is 13.0. The van der Waals surface area contributed by atoms with E-state index in [0.29, 0.717) is 37.6 Å². The topological polar surface area (TPSA) is 122 Å². The number of benzene rings is 1. The number of amides is 1. The standard InChI is InChI=1S/C19H26N2O7S/c1-12(2)17(19(23)24)20-18(22)13-5-7-21(8-6-13)29(25,26)14-3-4-15-16(11-14)28-10-9-27-15/h3-4,11-13,17H,5-10H2,1-2H3,(H,20,22)(H,23,24)/t17-/m0/s1. The summed E-state index contributed by atoms with van der Waals surface area (Å²) in [7, 11) is -3.72. The van der Waals surface area contributed by atoms with E-state index in [4.69, 9.17) is 9.47 Å². The molecule has 160 valence electrons. The average Bonchev–Trinajstić information content (AvgIpc) is 2.71. The van der Waals surface area contributed by atoms with Gasteiger partial charge in [0.2, 0.25) is 15.9 Å². The van der Waals surface area contributed by atoms with Gasteiger partial charge in [-0.2, -0.15) is 4.31 Å². The number of nitrogens with zero attached hydrogens (tertiary/aromatic N) is 1. The summed E-state index contributed by atoms with van der Waals surface area (Å²) in [5.74, 6) is -1.16. The molecule has 0 spiro atoms. The number of sulfonamides is 1. The fourth-order valence-electron chi connectivity index (χ4n) is 3.48. The predicted octanol–water partition coefficient (Wildman–Crippen LogP) is 1.08. The third-order valence-electron chi connectivity index (χ3n) is 5.21. The Morgan fingerprint density at radius 3 is 2.34 bits per heavy atom. The molecule has 29 heavy (non-hydrogen) atoms. The molecule has 0 radical (unpaired) electrons. The number of carboxylic acids is 1. The summed E-state index contributed by atoms with van der Waals surface area (Å²) in [6, 6.07) is 3.58. The molecule has 0 bridgehead atoms. The summed E-state index contributed by atoms with van der Waals surface area (Å²) in [4.78, 5) is 23.8. The van der Waals surface area contributed by atoms with Gasteiger partial charge in [0, 0.05) is 25.1 Å². The zero-order valence-electron chi connectivity index (χ0n) is 16.5. The van der Waals surface area contributed by atoms with Crippen molar-refractivity contribution in [2.45, 2.75) is 37.6 Å². The minimum Gasteiger partial charge on any atom is -0.486 e. The van der Waals surface area contributed by atoms with Gasteiger partial charge in [-0.1, -0.05) is 13.8 Å². The highest BCUT2D eigenvalue weighted by Gasteiger charge is 2.34. The van der Waals surface area contributed by atoms with Gasteiger partial charge < -0.3 is 19.9 Å². The molecule has 2 aliphatic heterocycles. The van der Waals surface area contributed by atoms with Gasteiger partial charge in [0.25, 0.3) is 0 Å². The fraction of sp³-hybridized carbons (Fsp3) is 0.579. The summed E-state index contributed by atoms with van der Waals surface area (Å²) >= 11 is 0. The molecule has 10 heteroatoms. The molecule has 1 saturated heterocycles. The van der Waals surface area contributed by atoms with Gasteiger partial charge >= 0.3 is 5.97 Å². The SMILES string of the molecule is CC(C)[C@H](NC(=O)C1CCN(S(=O)(=O)c2ccc3c(c2)OCCO3)CC1)C(=O)O. The van der Waals surface area contributed by atoms with E-state index in [1.165, 1.54) is 16.4 Å². The number of rotatable bonds is 6. The van der Waals surface area contributed by atoms with Crippen LogP contribution in [0, 0.1) is 11.8 Å². The monoisotopic (exact) mass is 426 g/mol. The van der Waals surface area contributed by atoms with Crippen LogP contribution in [0.25, 0.3) is 0 Å². The van der Waals surface area contributed by atoms with E-state index in [9.17, 15) is 23.1 Å². The van der Waals surface area contributed by atoms with Crippen molar-refractivity contribution in [1.29, 1.82) is 0 Å². The number of aliphatic carboxylic acids is 1. The number of carbonyl (C=O) groups is 2. The van der Waals surface area contributed by atoms with Crippen molar-refractivity contribution < 1.29 is 32.6 Å². The molecule has 0 aliphatic carbocycles. The van der Waals surface area contributed by atoms with Gasteiger partial charge in [0.05, 0.1) is 4.90 Å². The third kappa shape index (κ3) is 4.64. The Hall–Kier alpha value is -2.33. The number of fused-ring (bicyclic) bond motifs is 1. The van der Waals surface area contributed by atoms with E-state index in [1.807, 2.05) is 0 Å². The summed E-state index contributed by atoms with van der Waals surface area (Å²) in [6.45, 7) is 4.62. The van der Waals surface area contributed by atoms with Gasteiger partial charge in [-0.25, -0.2) is 13.2 Å². The van der Waals surface area contributed by atoms with Gasteiger partial charge in [-0.3, -0.25) is 4.79 Å². The van der Waals surface area contributed by atoms with E-state index in [-0.39, 0.29) is 29.8 Å². The van der Waals surface area contributed by atoms with Crippen LogP contribution in [0.5, 0.6) is 11.5 Å². The Morgan fingerprint density at radius 1 is 1.14 bits per heavy atom. The maximum Gasteiger partial charge on any atom is 0.326 e. The van der Waals surface area contributed by atoms with Crippen molar-refractivity contribution >= 4 is 21.9 Å². The second-order valence-electron chi connectivity index (χ2n) is 7.55. The van der Waals surface area contributed by atoms with Crippen LogP contribution in [0.15, 0.2) is 23.1 Å². The van der Waals surface area contributed by atoms with Gasteiger partial charge in [-0.05, 0) is 30.9 Å². The van der Waals surface area contributed by atoms with E-state index in [0.717, 1.165) is 0 Å². The normalized spacial score (nSPS) is 19.0. The molecule has 1 aromatic carbocycles. The van der Waals surface area contributed by atoms with Crippen LogP contribution in [-0.4, -0.2) is 62.1 Å². The molecule has 1 aromatic rings. The molecule has 1 atom stereocenters. The quantitative estimate of drug-likeness (QED) is 0.698. The lowest BCUT2D eigenvalue weighted by atomic mass is 9.95. The van der Waals surface area contributed by atoms with Crippen molar-refractivity contribution in [1.82, 2.24) is 9.62 Å². The van der Waals surface area contributed by atoms with Crippen LogP contribution in [-0.2, 0) is 19.6 Å². The second-order valence-corrected chi connectivity index (χ2v) is 9.49. The summed E-state index contributed by atoms with van der Waals surface area (Å²) in [6.07, 6.45) is 0.667. The number of nitrogens with one attached hydrogen (secondary N) is 1. The Bertz CT molecular complexity index is 877. The van der Waals surface area contributed by atoms with Crippen LogP contribution >= 0.6 is 0 Å². The lowest BCUT2D eigenvalue weighted by Crippen LogP contribution is -2.49. The van der Waals surface area contributed by atoms with Crippen LogP contribution in [0.4, 0.5) is 0 Å². The first-order valence-corrected chi connectivity index (χ1v) is 11.1.